The summed E-state index contributed by atoms with van der Waals surface area (Å²) < 4.78 is 5.67. The number of methoxy groups -OCH3 is 1. The maximum absolute atomic E-state index is 12.6. The lowest BCUT2D eigenvalue weighted by molar-refractivity contribution is -0.124. The summed E-state index contributed by atoms with van der Waals surface area (Å²) in [5.74, 6) is -0.152. The summed E-state index contributed by atoms with van der Waals surface area (Å²) in [5, 5.41) is 3.69. The zero-order chi connectivity index (χ0) is 17.6. The van der Waals surface area contributed by atoms with Crippen molar-refractivity contribution in [2.24, 2.45) is 0 Å². The van der Waals surface area contributed by atoms with Gasteiger partial charge in [-0.3, -0.25) is 4.79 Å². The molecule has 0 aliphatic rings. The number of carbonyl (C=O) groups is 1. The Morgan fingerprint density at radius 1 is 1.21 bits per heavy atom. The van der Waals surface area contributed by atoms with Crippen molar-refractivity contribution < 1.29 is 9.53 Å². The molecule has 128 valence electrons. The molecule has 2 aromatic rings. The molecule has 0 aliphatic heterocycles. The molecule has 0 aromatic heterocycles. The molecule has 0 radical (unpaired) electrons. The Bertz CT molecular complexity index is 674. The number of nitrogens with one attached hydrogen (secondary N) is 1. The second-order valence-corrected chi connectivity index (χ2v) is 6.47. The van der Waals surface area contributed by atoms with Crippen LogP contribution in [-0.4, -0.2) is 19.6 Å². The number of benzene rings is 2. The van der Waals surface area contributed by atoms with Gasteiger partial charge < -0.3 is 10.1 Å². The van der Waals surface area contributed by atoms with Gasteiger partial charge in [0.1, 0.15) is 5.60 Å². The van der Waals surface area contributed by atoms with Crippen molar-refractivity contribution in [3.8, 4) is 0 Å². The van der Waals surface area contributed by atoms with Crippen LogP contribution in [0, 0.1) is 0 Å². The fourth-order valence-corrected chi connectivity index (χ4v) is 2.94. The first-order chi connectivity index (χ1) is 11.5. The van der Waals surface area contributed by atoms with Crippen molar-refractivity contribution in [2.45, 2.75) is 31.8 Å². The van der Waals surface area contributed by atoms with Crippen LogP contribution in [0.15, 0.2) is 54.6 Å². The molecule has 3 nitrogen and oxygen atoms in total. The lowest BCUT2D eigenvalue weighted by Gasteiger charge is -2.30. The lowest BCUT2D eigenvalue weighted by Crippen LogP contribution is -2.41. The first-order valence-corrected chi connectivity index (χ1v) is 8.52. The van der Waals surface area contributed by atoms with Crippen molar-refractivity contribution in [3.05, 3.63) is 70.7 Å². The third kappa shape index (κ3) is 4.37. The first kappa shape index (κ1) is 18.5. The van der Waals surface area contributed by atoms with E-state index in [0.717, 1.165) is 17.5 Å². The smallest absolute Gasteiger partial charge is 0.227 e. The summed E-state index contributed by atoms with van der Waals surface area (Å²) in [6.07, 6.45) is 0.747. The minimum atomic E-state index is -0.629. The molecule has 2 atom stereocenters. The van der Waals surface area contributed by atoms with Crippen LogP contribution in [0.4, 0.5) is 0 Å². The van der Waals surface area contributed by atoms with E-state index in [0.29, 0.717) is 11.6 Å². The standard InChI is InChI=1S/C20H24ClNO2/c1-4-18(15-9-6-5-7-10-15)19(23)22-14-20(2,24-3)16-11-8-12-17(21)13-16/h5-13,18H,4,14H2,1-3H3,(H,22,23)/t18-,20+/m0/s1. The molecule has 2 rings (SSSR count). The lowest BCUT2D eigenvalue weighted by atomic mass is 9.93. The molecule has 0 saturated heterocycles. The molecule has 4 heteroatoms. The molecule has 0 heterocycles. The Labute approximate surface area is 149 Å². The minimum absolute atomic E-state index is 0.00834. The molecule has 24 heavy (non-hydrogen) atoms. The number of rotatable bonds is 7. The largest absolute Gasteiger partial charge is 0.372 e. The SMILES string of the molecule is CC[C@H](C(=O)NC[C@@](C)(OC)c1cccc(Cl)c1)c1ccccc1. The minimum Gasteiger partial charge on any atom is -0.372 e. The van der Waals surface area contributed by atoms with E-state index in [1.165, 1.54) is 0 Å². The predicted molar refractivity (Wildman–Crippen MR) is 98.3 cm³/mol. The number of amides is 1. The zero-order valence-electron chi connectivity index (χ0n) is 14.4. The van der Waals surface area contributed by atoms with Crippen LogP contribution >= 0.6 is 11.6 Å². The molecular formula is C20H24ClNO2. The number of carbonyl (C=O) groups excluding carboxylic acids is 1. The van der Waals surface area contributed by atoms with E-state index >= 15 is 0 Å². The molecule has 2 aromatic carbocycles. The third-order valence-electron chi connectivity index (χ3n) is 4.41. The van der Waals surface area contributed by atoms with Crippen molar-refractivity contribution >= 4 is 17.5 Å². The van der Waals surface area contributed by atoms with E-state index in [1.807, 2.05) is 68.4 Å². The quantitative estimate of drug-likeness (QED) is 0.801. The van der Waals surface area contributed by atoms with Crippen LogP contribution in [-0.2, 0) is 15.1 Å². The summed E-state index contributed by atoms with van der Waals surface area (Å²) in [7, 11) is 1.64. The van der Waals surface area contributed by atoms with Crippen LogP contribution < -0.4 is 5.32 Å². The van der Waals surface area contributed by atoms with Gasteiger partial charge in [-0.1, -0.05) is 61.0 Å². The fraction of sp³-hybridized carbons (Fsp3) is 0.350. The van der Waals surface area contributed by atoms with E-state index in [2.05, 4.69) is 5.32 Å². The summed E-state index contributed by atoms with van der Waals surface area (Å²) >= 11 is 6.08. The average Bonchev–Trinajstić information content (AvgIpc) is 2.61. The van der Waals surface area contributed by atoms with E-state index in [-0.39, 0.29) is 11.8 Å². The second-order valence-electron chi connectivity index (χ2n) is 6.03. The Morgan fingerprint density at radius 3 is 2.50 bits per heavy atom. The normalized spacial score (nSPS) is 14.7. The van der Waals surface area contributed by atoms with Gasteiger partial charge in [0, 0.05) is 12.1 Å². The van der Waals surface area contributed by atoms with Gasteiger partial charge in [-0.05, 0) is 36.6 Å². The maximum Gasteiger partial charge on any atom is 0.227 e. The van der Waals surface area contributed by atoms with Gasteiger partial charge in [-0.25, -0.2) is 0 Å². The van der Waals surface area contributed by atoms with E-state index in [9.17, 15) is 4.79 Å². The van der Waals surface area contributed by atoms with E-state index in [4.69, 9.17) is 16.3 Å². The first-order valence-electron chi connectivity index (χ1n) is 8.14. The average molecular weight is 346 g/mol. The second kappa shape index (κ2) is 8.32. The van der Waals surface area contributed by atoms with Crippen molar-refractivity contribution in [3.63, 3.8) is 0 Å². The van der Waals surface area contributed by atoms with Gasteiger partial charge in [-0.15, -0.1) is 0 Å². The Kier molecular flexibility index (Phi) is 6.41. The van der Waals surface area contributed by atoms with Gasteiger partial charge in [-0.2, -0.15) is 0 Å². The Hall–Kier alpha value is -1.84. The maximum atomic E-state index is 12.6. The zero-order valence-corrected chi connectivity index (χ0v) is 15.1. The number of ether oxygens (including phenoxy) is 1. The van der Waals surface area contributed by atoms with Crippen LogP contribution in [0.3, 0.4) is 0 Å². The van der Waals surface area contributed by atoms with E-state index < -0.39 is 5.60 Å². The third-order valence-corrected chi connectivity index (χ3v) is 4.65. The van der Waals surface area contributed by atoms with Crippen LogP contribution in [0.1, 0.15) is 37.3 Å². The molecule has 0 bridgehead atoms. The highest BCUT2D eigenvalue weighted by molar-refractivity contribution is 6.30. The fourth-order valence-electron chi connectivity index (χ4n) is 2.75. The Balaban J connectivity index is 2.10. The monoisotopic (exact) mass is 345 g/mol. The summed E-state index contributed by atoms with van der Waals surface area (Å²) in [4.78, 5) is 12.6. The van der Waals surface area contributed by atoms with Crippen molar-refractivity contribution in [1.82, 2.24) is 5.32 Å². The van der Waals surface area contributed by atoms with Crippen LogP contribution in [0.25, 0.3) is 0 Å². The van der Waals surface area contributed by atoms with Crippen LogP contribution in [0.5, 0.6) is 0 Å². The highest BCUT2D eigenvalue weighted by atomic mass is 35.5. The number of hydrogen-bond donors (Lipinski definition) is 1. The summed E-state index contributed by atoms with van der Waals surface area (Å²) in [5.41, 5.74) is 1.33. The van der Waals surface area contributed by atoms with Gasteiger partial charge in [0.15, 0.2) is 0 Å². The molecule has 0 unspecified atom stereocenters. The van der Waals surface area contributed by atoms with Crippen LogP contribution in [0.2, 0.25) is 5.02 Å². The summed E-state index contributed by atoms with van der Waals surface area (Å²) in [6, 6.07) is 17.4. The van der Waals surface area contributed by atoms with Gasteiger partial charge >= 0.3 is 0 Å². The van der Waals surface area contributed by atoms with E-state index in [1.54, 1.807) is 7.11 Å². The topological polar surface area (TPSA) is 38.3 Å². The molecular weight excluding hydrogens is 322 g/mol. The molecule has 0 fully saturated rings. The van der Waals surface area contributed by atoms with Gasteiger partial charge in [0.25, 0.3) is 0 Å². The molecule has 1 N–H and O–H groups in total. The summed E-state index contributed by atoms with van der Waals surface area (Å²) in [6.45, 7) is 4.35. The molecule has 0 saturated carbocycles. The predicted octanol–water partition coefficient (Wildman–Crippen LogP) is 4.51. The molecule has 1 amide bonds. The Morgan fingerprint density at radius 2 is 1.92 bits per heavy atom. The molecule has 0 spiro atoms. The van der Waals surface area contributed by atoms with Crippen molar-refractivity contribution in [2.75, 3.05) is 13.7 Å². The number of halogens is 1. The van der Waals surface area contributed by atoms with Gasteiger partial charge in [0.05, 0.1) is 12.5 Å². The van der Waals surface area contributed by atoms with Crippen molar-refractivity contribution in [1.29, 1.82) is 0 Å². The van der Waals surface area contributed by atoms with Gasteiger partial charge in [0.2, 0.25) is 5.91 Å². The number of hydrogen-bond acceptors (Lipinski definition) is 2. The highest BCUT2D eigenvalue weighted by Gasteiger charge is 2.28. The highest BCUT2D eigenvalue weighted by Crippen LogP contribution is 2.27. The molecule has 0 aliphatic carbocycles.